The molecule has 0 heterocycles. The zero-order chi connectivity index (χ0) is 0. The summed E-state index contributed by atoms with van der Waals surface area (Å²) in [4.78, 5) is 0. The van der Waals surface area contributed by atoms with Gasteiger partial charge in [0.1, 0.15) is 0 Å². The molecule has 0 aliphatic rings. The summed E-state index contributed by atoms with van der Waals surface area (Å²) >= 11 is 0. The molecule has 0 bridgehead atoms. The van der Waals surface area contributed by atoms with Crippen LogP contribution in [0.25, 0.3) is 0 Å². The average Bonchev–Trinajstić information content (AvgIpc) is 0. The van der Waals surface area contributed by atoms with E-state index in [1.54, 1.807) is 0 Å². The standard InChI is InChI=1S/Al.B.Mg.H4Si.Ti.5H/h;;;1H4;;;;;;/q;;+2;;;;;;2*-1. The van der Waals surface area contributed by atoms with E-state index in [1.165, 1.54) is 0 Å². The first kappa shape index (κ1) is 54.9. The van der Waals surface area contributed by atoms with Gasteiger partial charge in [0.15, 0.2) is 17.4 Å². The first-order valence-electron chi connectivity index (χ1n) is 0. The largest absolute Gasteiger partial charge is 2.00 e. The summed E-state index contributed by atoms with van der Waals surface area (Å²) < 4.78 is 0. The van der Waals surface area contributed by atoms with Crippen LogP contribution in [0.2, 0.25) is 0 Å². The minimum atomic E-state index is 0. The van der Waals surface area contributed by atoms with Crippen molar-refractivity contribution in [3.8, 4) is 0 Å². The molecule has 5 heteroatoms. The molecule has 0 amide bonds. The second kappa shape index (κ2) is 33.5. The van der Waals surface area contributed by atoms with E-state index in [4.69, 9.17) is 0 Å². The smallest absolute Gasteiger partial charge is 1.00 e. The summed E-state index contributed by atoms with van der Waals surface area (Å²) in [5, 5.41) is 0. The van der Waals surface area contributed by atoms with Crippen molar-refractivity contribution in [2.24, 2.45) is 0 Å². The van der Waals surface area contributed by atoms with Crippen molar-refractivity contribution in [2.75, 3.05) is 0 Å². The van der Waals surface area contributed by atoms with Crippen molar-refractivity contribution >= 4 is 59.8 Å². The van der Waals surface area contributed by atoms with Gasteiger partial charge in [-0.2, -0.15) is 0 Å². The maximum absolute atomic E-state index is 0. The van der Waals surface area contributed by atoms with Crippen LogP contribution in [0.5, 0.6) is 0 Å². The fourth-order valence-electron chi connectivity index (χ4n) is 0. The normalized spacial score (nSPS) is 0. The van der Waals surface area contributed by atoms with E-state index in [1.807, 2.05) is 0 Å². The SMILES string of the molecule is [AlH3].[B].[H-].[H-].[Mg+2].[SiH4].[Ti]. The predicted molar refractivity (Wildman–Crippen MR) is 35.0 cm³/mol. The molecule has 0 rings (SSSR count). The van der Waals surface area contributed by atoms with Crippen LogP contribution in [0, 0.1) is 0 Å². The zero-order valence-electron chi connectivity index (χ0n) is 3.78. The molecule has 0 atom stereocenters. The molecule has 0 aliphatic heterocycles. The third kappa shape index (κ3) is 22.0. The Bertz CT molecular complexity index is 17.7. The van der Waals surface area contributed by atoms with Gasteiger partial charge in [-0.05, 0) is 11.0 Å². The second-order valence-electron chi connectivity index (χ2n) is 0. The van der Waals surface area contributed by atoms with Crippen LogP contribution in [0.4, 0.5) is 0 Å². The minimum Gasteiger partial charge on any atom is -1.00 e. The van der Waals surface area contributed by atoms with Gasteiger partial charge in [-0.25, -0.2) is 0 Å². The van der Waals surface area contributed by atoms with E-state index < -0.39 is 0 Å². The Hall–Kier alpha value is 2.29. The molecule has 0 aromatic heterocycles. The van der Waals surface area contributed by atoms with Crippen LogP contribution in [-0.4, -0.2) is 59.8 Å². The van der Waals surface area contributed by atoms with Crippen LogP contribution in [0.15, 0.2) is 0 Å². The van der Waals surface area contributed by atoms with E-state index in [9.17, 15) is 0 Å². The third-order valence-corrected chi connectivity index (χ3v) is 0. The van der Waals surface area contributed by atoms with Crippen LogP contribution in [-0.2, 0) is 21.7 Å². The Labute approximate surface area is 83.6 Å². The molecule has 0 aromatic rings. The van der Waals surface area contributed by atoms with Gasteiger partial charge in [0.25, 0.3) is 0 Å². The van der Waals surface area contributed by atoms with Crippen LogP contribution in [0.1, 0.15) is 2.85 Å². The molecule has 0 unspecified atom stereocenters. The Balaban J connectivity index is 0. The summed E-state index contributed by atoms with van der Waals surface area (Å²) in [6.45, 7) is 0. The van der Waals surface area contributed by atoms with Crippen LogP contribution in [0.3, 0.4) is 0 Å². The molecule has 3 radical (unpaired) electrons. The topological polar surface area (TPSA) is 0 Å². The average molecular weight is 147 g/mol. The van der Waals surface area contributed by atoms with Crippen molar-refractivity contribution in [2.45, 2.75) is 0 Å². The van der Waals surface area contributed by atoms with Crippen molar-refractivity contribution in [1.29, 1.82) is 0 Å². The Kier molecular flexibility index (Phi) is 368. The van der Waals surface area contributed by atoms with Crippen molar-refractivity contribution < 1.29 is 24.6 Å². The molecule has 0 spiro atoms. The van der Waals surface area contributed by atoms with Gasteiger partial charge in [0.05, 0.1) is 0 Å². The third-order valence-electron chi connectivity index (χ3n) is 0. The Morgan fingerprint density at radius 2 is 1.20 bits per heavy atom. The molecule has 25 valence electrons. The monoisotopic (exact) mass is 147 g/mol. The van der Waals surface area contributed by atoms with Gasteiger partial charge in [-0.1, -0.05) is 0 Å². The fraction of sp³-hybridized carbons (Fsp3) is 0. The summed E-state index contributed by atoms with van der Waals surface area (Å²) in [6.07, 6.45) is 0. The molecular formula is H9AlBMgSiTi. The predicted octanol–water partition coefficient (Wildman–Crippen LogP) is -3.17. The summed E-state index contributed by atoms with van der Waals surface area (Å²) in [5.74, 6) is 0. The molecule has 0 nitrogen and oxygen atoms in total. The summed E-state index contributed by atoms with van der Waals surface area (Å²) in [5.41, 5.74) is 0. The van der Waals surface area contributed by atoms with Gasteiger partial charge >= 0.3 is 23.1 Å². The van der Waals surface area contributed by atoms with Gasteiger partial charge in [0, 0.05) is 30.1 Å². The van der Waals surface area contributed by atoms with Crippen LogP contribution < -0.4 is 0 Å². The number of hydrogen-bond donors (Lipinski definition) is 0. The number of rotatable bonds is 0. The van der Waals surface area contributed by atoms with E-state index in [2.05, 4.69) is 0 Å². The van der Waals surface area contributed by atoms with Gasteiger partial charge in [-0.3, -0.25) is 0 Å². The fourth-order valence-corrected chi connectivity index (χ4v) is 0. The molecule has 0 aromatic carbocycles. The van der Waals surface area contributed by atoms with E-state index in [0.29, 0.717) is 0 Å². The van der Waals surface area contributed by atoms with E-state index in [0.717, 1.165) is 0 Å². The molecule has 0 saturated heterocycles. The van der Waals surface area contributed by atoms with Crippen LogP contribution >= 0.6 is 0 Å². The minimum absolute atomic E-state index is 0. The Morgan fingerprint density at radius 3 is 1.20 bits per heavy atom. The van der Waals surface area contributed by atoms with Gasteiger partial charge < -0.3 is 2.85 Å². The molecule has 0 saturated carbocycles. The molecule has 0 fully saturated rings. The van der Waals surface area contributed by atoms with E-state index >= 15 is 0 Å². The summed E-state index contributed by atoms with van der Waals surface area (Å²) in [6, 6.07) is 0. The Morgan fingerprint density at radius 1 is 1.20 bits per heavy atom. The first-order chi connectivity index (χ1) is 0. The maximum Gasteiger partial charge on any atom is 2.00 e. The molecule has 0 N–H and O–H groups in total. The van der Waals surface area contributed by atoms with Crippen molar-refractivity contribution in [3.05, 3.63) is 0 Å². The van der Waals surface area contributed by atoms with Gasteiger partial charge in [0.2, 0.25) is 0 Å². The second-order valence-corrected chi connectivity index (χ2v) is 0. The first-order valence-corrected chi connectivity index (χ1v) is 0. The molecule has 5 heavy (non-hydrogen) atoms. The van der Waals surface area contributed by atoms with Gasteiger partial charge in [-0.15, -0.1) is 0 Å². The summed E-state index contributed by atoms with van der Waals surface area (Å²) in [7, 11) is 0. The maximum atomic E-state index is 0. The molecular weight excluding hydrogens is 138 g/mol. The number of hydrogen-bond acceptors (Lipinski definition) is 0. The van der Waals surface area contributed by atoms with Crippen molar-refractivity contribution in [3.63, 3.8) is 0 Å². The zero-order valence-corrected chi connectivity index (χ0v) is 4.76. The van der Waals surface area contributed by atoms with E-state index in [-0.39, 0.29) is 84.4 Å². The van der Waals surface area contributed by atoms with Crippen molar-refractivity contribution in [1.82, 2.24) is 0 Å². The molecule has 0 aliphatic carbocycles. The quantitative estimate of drug-likeness (QED) is 0.317.